The number of anilines is 1. The first-order valence-electron chi connectivity index (χ1n) is 10.4. The van der Waals surface area contributed by atoms with Crippen LogP contribution in [0.25, 0.3) is 0 Å². The molecule has 6 N–H and O–H groups in total. The molecular weight excluding hydrogens is 530 g/mol. The van der Waals surface area contributed by atoms with Crippen LogP contribution in [0.5, 0.6) is 5.75 Å². The minimum Gasteiger partial charge on any atom is -0.506 e. The van der Waals surface area contributed by atoms with E-state index in [0.29, 0.717) is 26.7 Å². The number of phenols is 1. The first-order chi connectivity index (χ1) is 16.2. The van der Waals surface area contributed by atoms with Crippen molar-refractivity contribution < 1.29 is 24.6 Å². The van der Waals surface area contributed by atoms with Gasteiger partial charge in [-0.1, -0.05) is 17.7 Å². The van der Waals surface area contributed by atoms with Crippen molar-refractivity contribution in [3.05, 3.63) is 57.0 Å². The average molecular weight is 553 g/mol. The van der Waals surface area contributed by atoms with Gasteiger partial charge >= 0.3 is 5.97 Å². The van der Waals surface area contributed by atoms with Gasteiger partial charge in [0.15, 0.2) is 5.96 Å². The zero-order valence-electron chi connectivity index (χ0n) is 17.9. The Balaban J connectivity index is 1.57. The molecule has 0 saturated carbocycles. The molecule has 34 heavy (non-hydrogen) atoms. The molecule has 180 valence electrons. The fourth-order valence-corrected chi connectivity index (χ4v) is 4.07. The predicted molar refractivity (Wildman–Crippen MR) is 131 cm³/mol. The first kappa shape index (κ1) is 25.3. The van der Waals surface area contributed by atoms with Crippen molar-refractivity contribution in [1.29, 1.82) is 0 Å². The number of aliphatic imine (C=N–C) groups is 1. The topological polar surface area (TPSA) is 152 Å². The van der Waals surface area contributed by atoms with Gasteiger partial charge in [-0.05, 0) is 58.2 Å². The maximum atomic E-state index is 12.5. The predicted octanol–water partition coefficient (Wildman–Crippen LogP) is 2.11. The number of nitrogens with one attached hydrogen (secondary N) is 4. The third-order valence-electron chi connectivity index (χ3n) is 4.86. The number of carbonyl (C=O) groups is 3. The number of carboxylic acids is 1. The minimum atomic E-state index is -1.34. The van der Waals surface area contributed by atoms with E-state index in [9.17, 15) is 24.6 Å². The summed E-state index contributed by atoms with van der Waals surface area (Å²) < 4.78 is 0.306. The van der Waals surface area contributed by atoms with Crippen LogP contribution in [0.4, 0.5) is 5.69 Å². The standard InChI is InChI=1S/C22H23BrClN5O5/c23-16-10-14(24)7-13(19(16)31)9-17(21(33)34)29-18(30)11-27-20(32)12-3-1-4-15(8-12)28-22-25-5-2-6-26-22/h1,3-4,7-8,10,17,31H,2,5-6,9,11H2,(H,27,32)(H,29,30)(H,33,34)(H2,25,26,28). The van der Waals surface area contributed by atoms with Crippen LogP contribution >= 0.6 is 27.5 Å². The molecule has 0 radical (unpaired) electrons. The Hall–Kier alpha value is -3.31. The number of carbonyl (C=O) groups excluding carboxylic acids is 2. The Morgan fingerprint density at radius 3 is 2.74 bits per heavy atom. The van der Waals surface area contributed by atoms with E-state index in [-0.39, 0.29) is 17.7 Å². The van der Waals surface area contributed by atoms with E-state index in [1.54, 1.807) is 24.3 Å². The fraction of sp³-hybridized carbons (Fsp3) is 0.273. The lowest BCUT2D eigenvalue weighted by molar-refractivity contribution is -0.141. The first-order valence-corrected chi connectivity index (χ1v) is 11.5. The summed E-state index contributed by atoms with van der Waals surface area (Å²) >= 11 is 9.10. The van der Waals surface area contributed by atoms with Gasteiger partial charge in [0.05, 0.1) is 11.0 Å². The summed E-state index contributed by atoms with van der Waals surface area (Å²) in [5.74, 6) is -2.04. The zero-order valence-corrected chi connectivity index (χ0v) is 20.2. The van der Waals surface area contributed by atoms with Gasteiger partial charge in [-0.2, -0.15) is 0 Å². The van der Waals surface area contributed by atoms with Crippen LogP contribution in [-0.4, -0.2) is 59.6 Å². The second-order valence-corrected chi connectivity index (χ2v) is 8.75. The number of halogens is 2. The van der Waals surface area contributed by atoms with E-state index in [4.69, 9.17) is 11.6 Å². The molecule has 0 saturated heterocycles. The van der Waals surface area contributed by atoms with E-state index >= 15 is 0 Å². The second-order valence-electron chi connectivity index (χ2n) is 7.46. The van der Waals surface area contributed by atoms with Crippen molar-refractivity contribution in [3.8, 4) is 5.75 Å². The maximum Gasteiger partial charge on any atom is 0.326 e. The van der Waals surface area contributed by atoms with Crippen LogP contribution in [0.15, 0.2) is 45.9 Å². The molecular formula is C22H23BrClN5O5. The molecule has 0 aromatic heterocycles. The minimum absolute atomic E-state index is 0.166. The Labute approximate surface area is 208 Å². The summed E-state index contributed by atoms with van der Waals surface area (Å²) in [5, 5.41) is 30.9. The van der Waals surface area contributed by atoms with Gasteiger partial charge in [-0.25, -0.2) is 4.79 Å². The molecule has 1 heterocycles. The van der Waals surface area contributed by atoms with E-state index in [0.717, 1.165) is 19.5 Å². The van der Waals surface area contributed by atoms with E-state index in [1.807, 2.05) is 0 Å². The number of hydrogen-bond donors (Lipinski definition) is 6. The monoisotopic (exact) mass is 551 g/mol. The third kappa shape index (κ3) is 7.09. The molecule has 10 nitrogen and oxygen atoms in total. The molecule has 1 aliphatic rings. The Morgan fingerprint density at radius 1 is 1.24 bits per heavy atom. The summed E-state index contributed by atoms with van der Waals surface area (Å²) in [7, 11) is 0. The van der Waals surface area contributed by atoms with Gasteiger partial charge in [0, 0.05) is 35.8 Å². The van der Waals surface area contributed by atoms with Crippen molar-refractivity contribution in [2.24, 2.45) is 4.99 Å². The van der Waals surface area contributed by atoms with Gasteiger partial charge in [0.2, 0.25) is 5.91 Å². The highest BCUT2D eigenvalue weighted by Gasteiger charge is 2.23. The van der Waals surface area contributed by atoms with Crippen molar-refractivity contribution in [2.45, 2.75) is 18.9 Å². The van der Waals surface area contributed by atoms with Gasteiger partial charge < -0.3 is 31.5 Å². The number of benzene rings is 2. The number of phenolic OH excluding ortho intramolecular Hbond substituents is 1. The molecule has 2 aromatic rings. The maximum absolute atomic E-state index is 12.5. The van der Waals surface area contributed by atoms with E-state index < -0.39 is 30.4 Å². The molecule has 0 bridgehead atoms. The number of nitrogens with zero attached hydrogens (tertiary/aromatic N) is 1. The quantitative estimate of drug-likeness (QED) is 0.293. The zero-order chi connectivity index (χ0) is 24.7. The molecule has 0 spiro atoms. The number of hydrogen-bond acceptors (Lipinski definition) is 7. The number of rotatable bonds is 8. The van der Waals surface area contributed by atoms with Crippen LogP contribution in [0, 0.1) is 0 Å². The van der Waals surface area contributed by atoms with Crippen molar-refractivity contribution in [2.75, 3.05) is 25.0 Å². The highest BCUT2D eigenvalue weighted by molar-refractivity contribution is 9.10. The molecule has 2 aromatic carbocycles. The molecule has 1 unspecified atom stereocenters. The van der Waals surface area contributed by atoms with Crippen LogP contribution in [0.2, 0.25) is 5.02 Å². The molecule has 1 atom stereocenters. The molecule has 1 aliphatic heterocycles. The lowest BCUT2D eigenvalue weighted by Crippen LogP contribution is -2.46. The Kier molecular flexibility index (Phi) is 8.72. The molecule has 0 aliphatic carbocycles. The third-order valence-corrected chi connectivity index (χ3v) is 5.68. The fourth-order valence-electron chi connectivity index (χ4n) is 3.19. The number of guanidine groups is 1. The van der Waals surface area contributed by atoms with Gasteiger partial charge in [-0.15, -0.1) is 0 Å². The smallest absolute Gasteiger partial charge is 0.326 e. The van der Waals surface area contributed by atoms with E-state index in [2.05, 4.69) is 42.2 Å². The van der Waals surface area contributed by atoms with Crippen LogP contribution in [0.1, 0.15) is 22.3 Å². The molecule has 0 fully saturated rings. The lowest BCUT2D eigenvalue weighted by Gasteiger charge is -2.17. The molecule has 2 amide bonds. The number of amides is 2. The number of aliphatic carboxylic acids is 1. The molecule has 3 rings (SSSR count). The van der Waals surface area contributed by atoms with E-state index in [1.165, 1.54) is 12.1 Å². The van der Waals surface area contributed by atoms with Gasteiger partial charge in [0.25, 0.3) is 5.91 Å². The van der Waals surface area contributed by atoms with Crippen molar-refractivity contribution >= 4 is 57.0 Å². The summed E-state index contributed by atoms with van der Waals surface area (Å²) in [6.07, 6.45) is 0.752. The SMILES string of the molecule is O=C(CNC(=O)c1cccc(NC2=NCCCN2)c1)NC(Cc1cc(Cl)cc(Br)c1O)C(=O)O. The number of aromatic hydroxyl groups is 1. The lowest BCUT2D eigenvalue weighted by atomic mass is 10.0. The summed E-state index contributed by atoms with van der Waals surface area (Å²) in [5.41, 5.74) is 1.22. The average Bonchev–Trinajstić information content (AvgIpc) is 2.81. The highest BCUT2D eigenvalue weighted by Crippen LogP contribution is 2.32. The summed E-state index contributed by atoms with van der Waals surface area (Å²) in [6, 6.07) is 8.23. The van der Waals surface area contributed by atoms with Crippen molar-refractivity contribution in [1.82, 2.24) is 16.0 Å². The Bertz CT molecular complexity index is 1130. The summed E-state index contributed by atoms with van der Waals surface area (Å²) in [4.78, 5) is 40.7. The highest BCUT2D eigenvalue weighted by atomic mass is 79.9. The largest absolute Gasteiger partial charge is 0.506 e. The van der Waals surface area contributed by atoms with Crippen molar-refractivity contribution in [3.63, 3.8) is 0 Å². The van der Waals surface area contributed by atoms with Crippen LogP contribution in [0.3, 0.4) is 0 Å². The summed E-state index contributed by atoms with van der Waals surface area (Å²) in [6.45, 7) is 1.10. The Morgan fingerprint density at radius 2 is 2.03 bits per heavy atom. The normalized spacial score (nSPS) is 13.8. The van der Waals surface area contributed by atoms with Gasteiger partial charge in [0.1, 0.15) is 11.8 Å². The number of carboxylic acid groups (broad SMARTS) is 1. The van der Waals surface area contributed by atoms with Crippen LogP contribution < -0.4 is 21.3 Å². The molecule has 12 heteroatoms. The van der Waals surface area contributed by atoms with Crippen LogP contribution in [-0.2, 0) is 16.0 Å². The van der Waals surface area contributed by atoms with Gasteiger partial charge in [-0.3, -0.25) is 14.6 Å². The second kappa shape index (κ2) is 11.7.